The van der Waals surface area contributed by atoms with Crippen molar-refractivity contribution in [1.29, 1.82) is 0 Å². The first-order valence-electron chi connectivity index (χ1n) is 6.74. The molecule has 0 bridgehead atoms. The van der Waals surface area contributed by atoms with Crippen LogP contribution in [0.3, 0.4) is 0 Å². The van der Waals surface area contributed by atoms with Crippen molar-refractivity contribution in [2.24, 2.45) is 0 Å². The number of carbonyl (C=O) groups excluding carboxylic acids is 1. The Morgan fingerprint density at radius 3 is 2.40 bits per heavy atom. The molecular weight excluding hydrogens is 302 g/mol. The van der Waals surface area contributed by atoms with Crippen LogP contribution in [0.5, 0.6) is 0 Å². The lowest BCUT2D eigenvalue weighted by molar-refractivity contribution is -0.120. The molecule has 1 aromatic rings. The van der Waals surface area contributed by atoms with Crippen LogP contribution in [0.15, 0.2) is 12.1 Å². The summed E-state index contributed by atoms with van der Waals surface area (Å²) < 4.78 is 13.0. The second-order valence-corrected chi connectivity index (χ2v) is 5.81. The summed E-state index contributed by atoms with van der Waals surface area (Å²) in [5, 5.41) is 6.17. The van der Waals surface area contributed by atoms with Crippen LogP contribution in [0.4, 0.5) is 10.1 Å². The molecule has 0 heterocycles. The van der Waals surface area contributed by atoms with Gasteiger partial charge in [-0.25, -0.2) is 4.39 Å². The Kier molecular flexibility index (Phi) is 5.49. The Hall–Kier alpha value is -1.00. The summed E-state index contributed by atoms with van der Waals surface area (Å²) in [7, 11) is 0. The number of hydrogen-bond donors (Lipinski definition) is 2. The number of rotatable bonds is 4. The molecule has 0 spiro atoms. The molecule has 1 aliphatic rings. The van der Waals surface area contributed by atoms with E-state index in [0.29, 0.717) is 5.69 Å². The van der Waals surface area contributed by atoms with Gasteiger partial charge < -0.3 is 10.6 Å². The molecule has 6 heteroatoms. The van der Waals surface area contributed by atoms with E-state index in [2.05, 4.69) is 10.6 Å². The molecule has 0 aromatic heterocycles. The average molecular weight is 319 g/mol. The molecule has 110 valence electrons. The standard InChI is InChI=1S/C14H17Cl2FN2O/c15-11-6-9(17)7-12(16)14(11)18-8-13(20)19-10-4-2-1-3-5-10/h6-7,10,18H,1-5,8H2,(H,19,20). The molecule has 1 fully saturated rings. The van der Waals surface area contributed by atoms with Gasteiger partial charge in [-0.2, -0.15) is 0 Å². The molecule has 1 aromatic carbocycles. The fourth-order valence-electron chi connectivity index (χ4n) is 2.41. The van der Waals surface area contributed by atoms with Crippen molar-refractivity contribution in [2.45, 2.75) is 38.1 Å². The topological polar surface area (TPSA) is 41.1 Å². The summed E-state index contributed by atoms with van der Waals surface area (Å²) >= 11 is 11.8. The van der Waals surface area contributed by atoms with Gasteiger partial charge in [-0.1, -0.05) is 42.5 Å². The van der Waals surface area contributed by atoms with E-state index in [1.807, 2.05) is 0 Å². The van der Waals surface area contributed by atoms with E-state index in [9.17, 15) is 9.18 Å². The molecular formula is C14H17Cl2FN2O. The van der Waals surface area contributed by atoms with Crippen LogP contribution < -0.4 is 10.6 Å². The number of halogens is 3. The van der Waals surface area contributed by atoms with Crippen molar-refractivity contribution in [3.63, 3.8) is 0 Å². The molecule has 1 aliphatic carbocycles. The lowest BCUT2D eigenvalue weighted by atomic mass is 9.95. The fourth-order valence-corrected chi connectivity index (χ4v) is 3.00. The van der Waals surface area contributed by atoms with E-state index >= 15 is 0 Å². The van der Waals surface area contributed by atoms with E-state index in [-0.39, 0.29) is 28.5 Å². The highest BCUT2D eigenvalue weighted by molar-refractivity contribution is 6.39. The second-order valence-electron chi connectivity index (χ2n) is 5.00. The van der Waals surface area contributed by atoms with Crippen molar-refractivity contribution in [2.75, 3.05) is 11.9 Å². The lowest BCUT2D eigenvalue weighted by Gasteiger charge is -2.23. The number of amides is 1. The summed E-state index contributed by atoms with van der Waals surface area (Å²) in [5.41, 5.74) is 0.383. The number of carbonyl (C=O) groups is 1. The maximum Gasteiger partial charge on any atom is 0.239 e. The Morgan fingerprint density at radius 1 is 1.20 bits per heavy atom. The maximum absolute atomic E-state index is 13.0. The zero-order valence-electron chi connectivity index (χ0n) is 11.0. The van der Waals surface area contributed by atoms with E-state index in [4.69, 9.17) is 23.2 Å². The van der Waals surface area contributed by atoms with Gasteiger partial charge in [0, 0.05) is 6.04 Å². The first-order valence-corrected chi connectivity index (χ1v) is 7.49. The molecule has 0 saturated heterocycles. The molecule has 0 atom stereocenters. The first kappa shape index (κ1) is 15.4. The van der Waals surface area contributed by atoms with Crippen LogP contribution in [0.2, 0.25) is 10.0 Å². The Morgan fingerprint density at radius 2 is 1.80 bits per heavy atom. The van der Waals surface area contributed by atoms with Crippen LogP contribution in [0.1, 0.15) is 32.1 Å². The van der Waals surface area contributed by atoms with Gasteiger partial charge in [-0.05, 0) is 25.0 Å². The van der Waals surface area contributed by atoms with Gasteiger partial charge in [0.05, 0.1) is 22.3 Å². The average Bonchev–Trinajstić information content (AvgIpc) is 2.38. The highest BCUT2D eigenvalue weighted by atomic mass is 35.5. The fraction of sp³-hybridized carbons (Fsp3) is 0.500. The van der Waals surface area contributed by atoms with Crippen LogP contribution in [0, 0.1) is 5.82 Å². The first-order chi connectivity index (χ1) is 9.56. The molecule has 0 radical (unpaired) electrons. The minimum absolute atomic E-state index is 0.0710. The van der Waals surface area contributed by atoms with Gasteiger partial charge >= 0.3 is 0 Å². The maximum atomic E-state index is 13.0. The van der Waals surface area contributed by atoms with Gasteiger partial charge in [0.25, 0.3) is 0 Å². The lowest BCUT2D eigenvalue weighted by Crippen LogP contribution is -2.39. The Labute approximate surface area is 127 Å². The third kappa shape index (κ3) is 4.25. The zero-order chi connectivity index (χ0) is 14.5. The van der Waals surface area contributed by atoms with E-state index in [1.54, 1.807) is 0 Å². The van der Waals surface area contributed by atoms with Crippen LogP contribution >= 0.6 is 23.2 Å². The van der Waals surface area contributed by atoms with Gasteiger partial charge in [0.15, 0.2) is 0 Å². The molecule has 20 heavy (non-hydrogen) atoms. The zero-order valence-corrected chi connectivity index (χ0v) is 12.5. The van der Waals surface area contributed by atoms with Crippen LogP contribution in [-0.4, -0.2) is 18.5 Å². The van der Waals surface area contributed by atoms with E-state index < -0.39 is 5.82 Å². The van der Waals surface area contributed by atoms with Crippen LogP contribution in [0.25, 0.3) is 0 Å². The van der Waals surface area contributed by atoms with E-state index in [1.165, 1.54) is 6.42 Å². The summed E-state index contributed by atoms with van der Waals surface area (Å²) in [4.78, 5) is 11.8. The SMILES string of the molecule is O=C(CNc1c(Cl)cc(F)cc1Cl)NC1CCCCC1. The summed E-state index contributed by atoms with van der Waals surface area (Å²) in [6.07, 6.45) is 5.63. The summed E-state index contributed by atoms with van der Waals surface area (Å²) in [5.74, 6) is -0.606. The quantitative estimate of drug-likeness (QED) is 0.881. The van der Waals surface area contributed by atoms with Gasteiger partial charge in [-0.3, -0.25) is 4.79 Å². The smallest absolute Gasteiger partial charge is 0.239 e. The largest absolute Gasteiger partial charge is 0.374 e. The third-order valence-corrected chi connectivity index (χ3v) is 4.00. The number of benzene rings is 1. The molecule has 2 rings (SSSR count). The van der Waals surface area contributed by atoms with Crippen molar-refractivity contribution in [1.82, 2.24) is 5.32 Å². The van der Waals surface area contributed by atoms with Gasteiger partial charge in [0.2, 0.25) is 5.91 Å². The predicted molar refractivity (Wildman–Crippen MR) is 79.9 cm³/mol. The summed E-state index contributed by atoms with van der Waals surface area (Å²) in [6, 6.07) is 2.58. The second kappa shape index (κ2) is 7.14. The highest BCUT2D eigenvalue weighted by Gasteiger charge is 2.16. The normalized spacial score (nSPS) is 15.9. The Balaban J connectivity index is 1.87. The number of hydrogen-bond acceptors (Lipinski definition) is 2. The predicted octanol–water partition coefficient (Wildman–Crippen LogP) is 3.99. The molecule has 1 saturated carbocycles. The van der Waals surface area contributed by atoms with E-state index in [0.717, 1.165) is 37.8 Å². The molecule has 1 amide bonds. The summed E-state index contributed by atoms with van der Waals surface area (Å²) in [6.45, 7) is 0.0710. The van der Waals surface area contributed by atoms with Crippen molar-refractivity contribution < 1.29 is 9.18 Å². The van der Waals surface area contributed by atoms with Gasteiger partial charge in [-0.15, -0.1) is 0 Å². The Bertz CT molecular complexity index is 467. The molecule has 2 N–H and O–H groups in total. The molecule has 0 unspecified atom stereocenters. The van der Waals surface area contributed by atoms with Gasteiger partial charge in [0.1, 0.15) is 5.82 Å². The van der Waals surface area contributed by atoms with Crippen molar-refractivity contribution in [3.8, 4) is 0 Å². The van der Waals surface area contributed by atoms with Crippen molar-refractivity contribution in [3.05, 3.63) is 28.0 Å². The van der Waals surface area contributed by atoms with Crippen molar-refractivity contribution >= 4 is 34.8 Å². The number of nitrogens with one attached hydrogen (secondary N) is 2. The highest BCUT2D eigenvalue weighted by Crippen LogP contribution is 2.31. The minimum atomic E-state index is -0.503. The monoisotopic (exact) mass is 318 g/mol. The third-order valence-electron chi connectivity index (χ3n) is 3.40. The number of anilines is 1. The minimum Gasteiger partial charge on any atom is -0.374 e. The molecule has 3 nitrogen and oxygen atoms in total. The van der Waals surface area contributed by atoms with Crippen LogP contribution in [-0.2, 0) is 4.79 Å². The molecule has 0 aliphatic heterocycles.